The second-order valence-electron chi connectivity index (χ2n) is 4.64. The molecule has 96 valence electrons. The van der Waals surface area contributed by atoms with Gasteiger partial charge in [0, 0.05) is 30.8 Å². The van der Waals surface area contributed by atoms with Gasteiger partial charge in [-0.15, -0.1) is 0 Å². The maximum atomic E-state index is 13.5. The number of rotatable bonds is 2. The lowest BCUT2D eigenvalue weighted by Gasteiger charge is -2.14. The van der Waals surface area contributed by atoms with Crippen molar-refractivity contribution in [2.75, 3.05) is 13.1 Å². The lowest BCUT2D eigenvalue weighted by atomic mass is 10.1. The summed E-state index contributed by atoms with van der Waals surface area (Å²) >= 11 is 0. The van der Waals surface area contributed by atoms with E-state index in [0.29, 0.717) is 24.2 Å². The number of benzene rings is 1. The number of hydrogen-bond donors (Lipinski definition) is 1. The molecule has 1 saturated heterocycles. The Kier molecular flexibility index (Phi) is 3.77. The first-order chi connectivity index (χ1) is 8.58. The summed E-state index contributed by atoms with van der Waals surface area (Å²) < 4.78 is 13.5. The second kappa shape index (κ2) is 5.31. The number of allylic oxidation sites excluding steroid dienone is 1. The SMILES string of the molecule is CC(=CC(=O)N1CCC(N)C1)c1ccccc1F. The fourth-order valence-electron chi connectivity index (χ4n) is 2.12. The number of hydrogen-bond acceptors (Lipinski definition) is 2. The van der Waals surface area contributed by atoms with Crippen LogP contribution in [0.25, 0.3) is 5.57 Å². The molecule has 1 aromatic rings. The minimum absolute atomic E-state index is 0.0658. The molecule has 1 aliphatic heterocycles. The molecular formula is C14H17FN2O. The van der Waals surface area contributed by atoms with E-state index in [1.54, 1.807) is 30.0 Å². The van der Waals surface area contributed by atoms with Gasteiger partial charge in [0.2, 0.25) is 5.91 Å². The van der Waals surface area contributed by atoms with Gasteiger partial charge in [0.1, 0.15) is 5.82 Å². The Morgan fingerprint density at radius 1 is 1.50 bits per heavy atom. The van der Waals surface area contributed by atoms with Crippen molar-refractivity contribution in [1.82, 2.24) is 4.90 Å². The van der Waals surface area contributed by atoms with Crippen LogP contribution >= 0.6 is 0 Å². The fraction of sp³-hybridized carbons (Fsp3) is 0.357. The first-order valence-electron chi connectivity index (χ1n) is 6.05. The van der Waals surface area contributed by atoms with Crippen molar-refractivity contribution < 1.29 is 9.18 Å². The number of carbonyl (C=O) groups excluding carboxylic acids is 1. The molecule has 1 unspecified atom stereocenters. The van der Waals surface area contributed by atoms with Crippen LogP contribution in [0.1, 0.15) is 18.9 Å². The Labute approximate surface area is 106 Å². The summed E-state index contributed by atoms with van der Waals surface area (Å²) in [6.45, 7) is 3.01. The van der Waals surface area contributed by atoms with Gasteiger partial charge in [-0.3, -0.25) is 4.79 Å². The Morgan fingerprint density at radius 2 is 2.22 bits per heavy atom. The first-order valence-corrected chi connectivity index (χ1v) is 6.05. The Morgan fingerprint density at radius 3 is 2.83 bits per heavy atom. The molecule has 0 radical (unpaired) electrons. The van der Waals surface area contributed by atoms with E-state index in [1.807, 2.05) is 0 Å². The van der Waals surface area contributed by atoms with E-state index in [2.05, 4.69) is 0 Å². The topological polar surface area (TPSA) is 46.3 Å². The highest BCUT2D eigenvalue weighted by Gasteiger charge is 2.22. The zero-order chi connectivity index (χ0) is 13.1. The largest absolute Gasteiger partial charge is 0.338 e. The molecule has 0 saturated carbocycles. The van der Waals surface area contributed by atoms with E-state index in [0.717, 1.165) is 6.42 Å². The average molecular weight is 248 g/mol. The van der Waals surface area contributed by atoms with Gasteiger partial charge in [-0.1, -0.05) is 18.2 Å². The molecule has 4 heteroatoms. The molecule has 1 heterocycles. The van der Waals surface area contributed by atoms with Gasteiger partial charge in [-0.25, -0.2) is 4.39 Å². The summed E-state index contributed by atoms with van der Waals surface area (Å²) in [4.78, 5) is 13.7. The lowest BCUT2D eigenvalue weighted by Crippen LogP contribution is -2.30. The molecule has 1 aliphatic rings. The third-order valence-corrected chi connectivity index (χ3v) is 3.18. The summed E-state index contributed by atoms with van der Waals surface area (Å²) in [6, 6.07) is 6.52. The van der Waals surface area contributed by atoms with E-state index in [1.165, 1.54) is 12.1 Å². The van der Waals surface area contributed by atoms with Gasteiger partial charge in [0.15, 0.2) is 0 Å². The highest BCUT2D eigenvalue weighted by molar-refractivity contribution is 5.95. The van der Waals surface area contributed by atoms with Gasteiger partial charge in [-0.05, 0) is 25.0 Å². The van der Waals surface area contributed by atoms with Crippen LogP contribution in [0.3, 0.4) is 0 Å². The molecular weight excluding hydrogens is 231 g/mol. The molecule has 1 fully saturated rings. The van der Waals surface area contributed by atoms with Crippen molar-refractivity contribution in [3.8, 4) is 0 Å². The molecule has 0 aliphatic carbocycles. The summed E-state index contributed by atoms with van der Waals surface area (Å²) in [5.74, 6) is -0.402. The number of nitrogens with zero attached hydrogens (tertiary/aromatic N) is 1. The molecule has 1 aromatic carbocycles. The molecule has 0 bridgehead atoms. The van der Waals surface area contributed by atoms with E-state index >= 15 is 0 Å². The zero-order valence-electron chi connectivity index (χ0n) is 10.4. The van der Waals surface area contributed by atoms with Crippen LogP contribution in [0, 0.1) is 5.82 Å². The number of carbonyl (C=O) groups is 1. The van der Waals surface area contributed by atoms with Crippen LogP contribution in [-0.4, -0.2) is 29.9 Å². The van der Waals surface area contributed by atoms with E-state index in [-0.39, 0.29) is 17.8 Å². The van der Waals surface area contributed by atoms with Gasteiger partial charge < -0.3 is 10.6 Å². The molecule has 2 rings (SSSR count). The average Bonchev–Trinajstić information content (AvgIpc) is 2.76. The molecule has 18 heavy (non-hydrogen) atoms. The summed E-state index contributed by atoms with van der Waals surface area (Å²) in [6.07, 6.45) is 2.31. The molecule has 2 N–H and O–H groups in total. The molecule has 0 spiro atoms. The van der Waals surface area contributed by atoms with Gasteiger partial charge >= 0.3 is 0 Å². The number of amides is 1. The van der Waals surface area contributed by atoms with Crippen LogP contribution < -0.4 is 5.73 Å². The molecule has 1 amide bonds. The van der Waals surface area contributed by atoms with Gasteiger partial charge in [0.25, 0.3) is 0 Å². The zero-order valence-corrected chi connectivity index (χ0v) is 10.4. The molecule has 0 aromatic heterocycles. The van der Waals surface area contributed by atoms with Crippen molar-refractivity contribution in [2.45, 2.75) is 19.4 Å². The van der Waals surface area contributed by atoms with Crippen molar-refractivity contribution >= 4 is 11.5 Å². The first kappa shape index (κ1) is 12.8. The highest BCUT2D eigenvalue weighted by Crippen LogP contribution is 2.18. The van der Waals surface area contributed by atoms with Crippen LogP contribution in [-0.2, 0) is 4.79 Å². The van der Waals surface area contributed by atoms with Crippen LogP contribution in [0.4, 0.5) is 4.39 Å². The Bertz CT molecular complexity index is 484. The van der Waals surface area contributed by atoms with E-state index in [9.17, 15) is 9.18 Å². The minimum atomic E-state index is -0.308. The third kappa shape index (κ3) is 2.76. The normalized spacial score (nSPS) is 20.3. The predicted octanol–water partition coefficient (Wildman–Crippen LogP) is 1.79. The highest BCUT2D eigenvalue weighted by atomic mass is 19.1. The predicted molar refractivity (Wildman–Crippen MR) is 69.2 cm³/mol. The van der Waals surface area contributed by atoms with E-state index < -0.39 is 0 Å². The van der Waals surface area contributed by atoms with Crippen LogP contribution in [0.15, 0.2) is 30.3 Å². The number of nitrogens with two attached hydrogens (primary N) is 1. The summed E-state index contributed by atoms with van der Waals surface area (Å²) in [7, 11) is 0. The number of likely N-dealkylation sites (tertiary alicyclic amines) is 1. The summed E-state index contributed by atoms with van der Waals surface area (Å²) in [5.41, 5.74) is 6.86. The monoisotopic (exact) mass is 248 g/mol. The smallest absolute Gasteiger partial charge is 0.246 e. The maximum absolute atomic E-state index is 13.5. The standard InChI is InChI=1S/C14H17FN2O/c1-10(12-4-2-3-5-13(12)15)8-14(18)17-7-6-11(16)9-17/h2-5,8,11H,6-7,9,16H2,1H3. The lowest BCUT2D eigenvalue weighted by molar-refractivity contribution is -0.125. The van der Waals surface area contributed by atoms with Gasteiger partial charge in [-0.2, -0.15) is 0 Å². The fourth-order valence-corrected chi connectivity index (χ4v) is 2.12. The minimum Gasteiger partial charge on any atom is -0.338 e. The van der Waals surface area contributed by atoms with Crippen LogP contribution in [0.2, 0.25) is 0 Å². The quantitative estimate of drug-likeness (QED) is 0.811. The van der Waals surface area contributed by atoms with Crippen molar-refractivity contribution in [3.05, 3.63) is 41.7 Å². The van der Waals surface area contributed by atoms with Crippen LogP contribution in [0.5, 0.6) is 0 Å². The van der Waals surface area contributed by atoms with Gasteiger partial charge in [0.05, 0.1) is 0 Å². The van der Waals surface area contributed by atoms with Crippen molar-refractivity contribution in [3.63, 3.8) is 0 Å². The Hall–Kier alpha value is -1.68. The van der Waals surface area contributed by atoms with Crippen molar-refractivity contribution in [2.24, 2.45) is 5.73 Å². The summed E-state index contributed by atoms with van der Waals surface area (Å²) in [5, 5.41) is 0. The molecule has 1 atom stereocenters. The molecule has 3 nitrogen and oxygen atoms in total. The number of halogens is 1. The second-order valence-corrected chi connectivity index (χ2v) is 4.64. The third-order valence-electron chi connectivity index (χ3n) is 3.18. The van der Waals surface area contributed by atoms with Crippen molar-refractivity contribution in [1.29, 1.82) is 0 Å². The Balaban J connectivity index is 2.13. The van der Waals surface area contributed by atoms with E-state index in [4.69, 9.17) is 5.73 Å². The maximum Gasteiger partial charge on any atom is 0.246 e.